The van der Waals surface area contributed by atoms with E-state index in [0.717, 1.165) is 29.2 Å². The van der Waals surface area contributed by atoms with Crippen LogP contribution < -0.4 is 22.1 Å². The van der Waals surface area contributed by atoms with Crippen molar-refractivity contribution < 1.29 is 0 Å². The van der Waals surface area contributed by atoms with Crippen molar-refractivity contribution in [2.75, 3.05) is 36.2 Å². The van der Waals surface area contributed by atoms with Crippen LogP contribution in [0.25, 0.3) is 0 Å². The van der Waals surface area contributed by atoms with Gasteiger partial charge in [0.25, 0.3) is 0 Å². The fourth-order valence-electron chi connectivity index (χ4n) is 2.14. The van der Waals surface area contributed by atoms with Crippen LogP contribution in [0.2, 0.25) is 0 Å². The topological polar surface area (TPSA) is 76.1 Å². The number of hydrogen-bond acceptors (Lipinski definition) is 4. The molecule has 0 spiro atoms. The molecule has 6 N–H and O–H groups in total. The second kappa shape index (κ2) is 5.52. The maximum atomic E-state index is 5.96. The first-order valence-electron chi connectivity index (χ1n) is 6.26. The Morgan fingerprint density at radius 1 is 0.789 bits per heavy atom. The zero-order valence-electron chi connectivity index (χ0n) is 11.3. The van der Waals surface area contributed by atoms with Crippen molar-refractivity contribution in [2.24, 2.45) is 0 Å². The van der Waals surface area contributed by atoms with E-state index >= 15 is 0 Å². The second-order valence-corrected chi connectivity index (χ2v) is 4.52. The third-order valence-corrected chi connectivity index (χ3v) is 3.18. The number of nitrogens with two attached hydrogens (primary N) is 2. The molecule has 2 aromatic rings. The molecule has 0 heterocycles. The van der Waals surface area contributed by atoms with Gasteiger partial charge in [-0.1, -0.05) is 12.1 Å². The molecule has 0 saturated heterocycles. The normalized spacial score (nSPS) is 10.2. The summed E-state index contributed by atoms with van der Waals surface area (Å²) in [6.07, 6.45) is 0.822. The van der Waals surface area contributed by atoms with E-state index in [9.17, 15) is 0 Å². The molecule has 0 radical (unpaired) electrons. The van der Waals surface area contributed by atoms with Crippen LogP contribution >= 0.6 is 0 Å². The maximum Gasteiger partial charge on any atom is 0.0571 e. The van der Waals surface area contributed by atoms with Gasteiger partial charge in [0.15, 0.2) is 0 Å². The lowest BCUT2D eigenvalue weighted by molar-refractivity contribution is 1.19. The van der Waals surface area contributed by atoms with Gasteiger partial charge in [0.2, 0.25) is 0 Å². The highest BCUT2D eigenvalue weighted by Gasteiger charge is 2.03. The number of rotatable bonds is 4. The molecule has 0 aromatic heterocycles. The van der Waals surface area contributed by atoms with Gasteiger partial charge in [0, 0.05) is 14.1 Å². The molecule has 0 fully saturated rings. The molecule has 2 aromatic carbocycles. The molecule has 0 aliphatic carbocycles. The van der Waals surface area contributed by atoms with Crippen LogP contribution in [0.5, 0.6) is 0 Å². The van der Waals surface area contributed by atoms with Crippen LogP contribution in [0.15, 0.2) is 36.4 Å². The van der Waals surface area contributed by atoms with Crippen molar-refractivity contribution >= 4 is 22.7 Å². The van der Waals surface area contributed by atoms with Gasteiger partial charge in [-0.25, -0.2) is 0 Å². The largest absolute Gasteiger partial charge is 0.397 e. The van der Waals surface area contributed by atoms with Gasteiger partial charge in [0.1, 0.15) is 0 Å². The smallest absolute Gasteiger partial charge is 0.0571 e. The standard InChI is InChI=1S/C15H20N4/c1-18-14-5-3-10(8-12(14)16)7-11-4-6-15(19-2)13(17)9-11/h3-6,8-9,18-19H,7,16-17H2,1-2H3. The minimum Gasteiger partial charge on any atom is -0.397 e. The fourth-order valence-corrected chi connectivity index (χ4v) is 2.14. The molecule has 2 rings (SSSR count). The summed E-state index contributed by atoms with van der Waals surface area (Å²) in [5.74, 6) is 0. The highest BCUT2D eigenvalue weighted by atomic mass is 14.9. The third-order valence-electron chi connectivity index (χ3n) is 3.18. The first-order valence-corrected chi connectivity index (χ1v) is 6.26. The molecule has 19 heavy (non-hydrogen) atoms. The van der Waals surface area contributed by atoms with E-state index in [0.29, 0.717) is 0 Å². The van der Waals surface area contributed by atoms with E-state index in [1.54, 1.807) is 0 Å². The summed E-state index contributed by atoms with van der Waals surface area (Å²) in [5, 5.41) is 6.11. The molecular formula is C15H20N4. The quantitative estimate of drug-likeness (QED) is 0.634. The van der Waals surface area contributed by atoms with Gasteiger partial charge < -0.3 is 22.1 Å². The van der Waals surface area contributed by atoms with Crippen LogP contribution in [0, 0.1) is 0 Å². The predicted octanol–water partition coefficient (Wildman–Crippen LogP) is 2.53. The molecule has 0 aliphatic heterocycles. The molecule has 0 aliphatic rings. The molecule has 0 bridgehead atoms. The summed E-state index contributed by atoms with van der Waals surface area (Å²) in [7, 11) is 3.73. The summed E-state index contributed by atoms with van der Waals surface area (Å²) in [6.45, 7) is 0. The lowest BCUT2D eigenvalue weighted by Crippen LogP contribution is -1.99. The lowest BCUT2D eigenvalue weighted by Gasteiger charge is -2.10. The predicted molar refractivity (Wildman–Crippen MR) is 83.6 cm³/mol. The number of benzene rings is 2. The first kappa shape index (κ1) is 13.1. The van der Waals surface area contributed by atoms with Crippen molar-refractivity contribution in [1.29, 1.82) is 0 Å². The van der Waals surface area contributed by atoms with Gasteiger partial charge >= 0.3 is 0 Å². The number of anilines is 4. The van der Waals surface area contributed by atoms with Crippen LogP contribution in [0.4, 0.5) is 22.7 Å². The lowest BCUT2D eigenvalue weighted by atomic mass is 10.0. The van der Waals surface area contributed by atoms with E-state index in [4.69, 9.17) is 11.5 Å². The number of hydrogen-bond donors (Lipinski definition) is 4. The zero-order valence-corrected chi connectivity index (χ0v) is 11.3. The summed E-state index contributed by atoms with van der Waals surface area (Å²) < 4.78 is 0. The van der Waals surface area contributed by atoms with Gasteiger partial charge in [-0.05, 0) is 41.8 Å². The average Bonchev–Trinajstić information content (AvgIpc) is 2.39. The Hall–Kier alpha value is -2.36. The summed E-state index contributed by atoms with van der Waals surface area (Å²) in [6, 6.07) is 12.1. The third kappa shape index (κ3) is 2.91. The van der Waals surface area contributed by atoms with Gasteiger partial charge in [-0.15, -0.1) is 0 Å². The van der Waals surface area contributed by atoms with E-state index in [-0.39, 0.29) is 0 Å². The summed E-state index contributed by atoms with van der Waals surface area (Å²) in [5.41, 5.74) is 17.7. The molecule has 100 valence electrons. The highest BCUT2D eigenvalue weighted by Crippen LogP contribution is 2.24. The van der Waals surface area contributed by atoms with Crippen molar-refractivity contribution in [3.05, 3.63) is 47.5 Å². The van der Waals surface area contributed by atoms with E-state index in [1.165, 1.54) is 11.1 Å². The number of nitrogens with one attached hydrogen (secondary N) is 2. The molecule has 0 atom stereocenters. The second-order valence-electron chi connectivity index (χ2n) is 4.52. The van der Waals surface area contributed by atoms with Crippen molar-refractivity contribution in [3.8, 4) is 0 Å². The Kier molecular flexibility index (Phi) is 3.80. The SMILES string of the molecule is CNc1ccc(Cc2ccc(NC)c(N)c2)cc1N. The van der Waals surface area contributed by atoms with Crippen LogP contribution in [-0.4, -0.2) is 14.1 Å². The molecule has 0 saturated carbocycles. The molecule has 0 amide bonds. The Balaban J connectivity index is 2.21. The summed E-state index contributed by atoms with van der Waals surface area (Å²) in [4.78, 5) is 0. The minimum atomic E-state index is 0.764. The maximum absolute atomic E-state index is 5.96. The molecule has 4 heteroatoms. The van der Waals surface area contributed by atoms with E-state index < -0.39 is 0 Å². The van der Waals surface area contributed by atoms with Gasteiger partial charge in [0.05, 0.1) is 22.7 Å². The monoisotopic (exact) mass is 256 g/mol. The Bertz CT molecular complexity index is 527. The van der Waals surface area contributed by atoms with E-state index in [1.807, 2.05) is 38.4 Å². The average molecular weight is 256 g/mol. The summed E-state index contributed by atoms with van der Waals surface area (Å²) >= 11 is 0. The minimum absolute atomic E-state index is 0.764. The van der Waals surface area contributed by atoms with Crippen molar-refractivity contribution in [3.63, 3.8) is 0 Å². The first-order chi connectivity index (χ1) is 9.13. The molecular weight excluding hydrogens is 236 g/mol. The van der Waals surface area contributed by atoms with Crippen molar-refractivity contribution in [2.45, 2.75) is 6.42 Å². The zero-order chi connectivity index (χ0) is 13.8. The Morgan fingerprint density at radius 2 is 1.21 bits per heavy atom. The number of nitrogen functional groups attached to an aromatic ring is 2. The molecule has 4 nitrogen and oxygen atoms in total. The van der Waals surface area contributed by atoms with Crippen molar-refractivity contribution in [1.82, 2.24) is 0 Å². The van der Waals surface area contributed by atoms with Crippen LogP contribution in [-0.2, 0) is 6.42 Å². The Labute approximate surface area is 113 Å². The highest BCUT2D eigenvalue weighted by molar-refractivity contribution is 5.68. The van der Waals surface area contributed by atoms with Gasteiger partial charge in [-0.2, -0.15) is 0 Å². The Morgan fingerprint density at radius 3 is 1.53 bits per heavy atom. The fraction of sp³-hybridized carbons (Fsp3) is 0.200. The van der Waals surface area contributed by atoms with Gasteiger partial charge in [-0.3, -0.25) is 0 Å². The van der Waals surface area contributed by atoms with Crippen LogP contribution in [0.3, 0.4) is 0 Å². The van der Waals surface area contributed by atoms with Crippen LogP contribution in [0.1, 0.15) is 11.1 Å². The molecule has 0 unspecified atom stereocenters. The van der Waals surface area contributed by atoms with E-state index in [2.05, 4.69) is 22.8 Å².